The quantitative estimate of drug-likeness (QED) is 0.480. The SMILES string of the molecule is COC(=O)/N=C(SC)/C(=N\c1ccc(-c2noc(C)n2)cc1)c1cc(O)ccc1F. The molecule has 3 aromatic rings. The number of aromatic hydroxyl groups is 1. The Labute approximate surface area is 175 Å². The van der Waals surface area contributed by atoms with Crippen LogP contribution in [0.25, 0.3) is 11.4 Å². The summed E-state index contributed by atoms with van der Waals surface area (Å²) in [5, 5.41) is 13.8. The molecule has 0 fully saturated rings. The van der Waals surface area contributed by atoms with Gasteiger partial charge in [0, 0.05) is 18.1 Å². The van der Waals surface area contributed by atoms with Crippen LogP contribution in [-0.4, -0.2) is 45.5 Å². The van der Waals surface area contributed by atoms with Crippen molar-refractivity contribution in [2.24, 2.45) is 9.98 Å². The summed E-state index contributed by atoms with van der Waals surface area (Å²) in [6.07, 6.45) is 0.815. The van der Waals surface area contributed by atoms with E-state index >= 15 is 0 Å². The molecule has 0 aliphatic rings. The third kappa shape index (κ3) is 4.90. The average Bonchev–Trinajstić information content (AvgIpc) is 3.19. The van der Waals surface area contributed by atoms with Gasteiger partial charge in [0.05, 0.1) is 12.8 Å². The topological polar surface area (TPSA) is 110 Å². The third-order valence-electron chi connectivity index (χ3n) is 3.86. The Hall–Kier alpha value is -3.53. The van der Waals surface area contributed by atoms with Gasteiger partial charge in [-0.25, -0.2) is 14.2 Å². The van der Waals surface area contributed by atoms with Crippen molar-refractivity contribution in [1.29, 1.82) is 0 Å². The first-order valence-electron chi connectivity index (χ1n) is 8.60. The Morgan fingerprint density at radius 3 is 2.57 bits per heavy atom. The van der Waals surface area contributed by atoms with Crippen molar-refractivity contribution in [1.82, 2.24) is 10.1 Å². The summed E-state index contributed by atoms with van der Waals surface area (Å²) in [4.78, 5) is 24.1. The van der Waals surface area contributed by atoms with Gasteiger partial charge in [-0.15, -0.1) is 11.8 Å². The fourth-order valence-electron chi connectivity index (χ4n) is 2.47. The fraction of sp³-hybridized carbons (Fsp3) is 0.150. The lowest BCUT2D eigenvalue weighted by Gasteiger charge is -2.10. The van der Waals surface area contributed by atoms with Gasteiger partial charge in [-0.3, -0.25) is 0 Å². The van der Waals surface area contributed by atoms with Crippen LogP contribution in [0.2, 0.25) is 0 Å². The molecule has 8 nitrogen and oxygen atoms in total. The van der Waals surface area contributed by atoms with Crippen molar-refractivity contribution in [2.45, 2.75) is 6.92 Å². The number of phenols is 1. The van der Waals surface area contributed by atoms with Crippen LogP contribution in [0.4, 0.5) is 14.9 Å². The molecule has 0 atom stereocenters. The first-order valence-corrected chi connectivity index (χ1v) is 9.83. The van der Waals surface area contributed by atoms with Gasteiger partial charge in [0.2, 0.25) is 11.7 Å². The van der Waals surface area contributed by atoms with E-state index in [-0.39, 0.29) is 22.1 Å². The molecule has 0 aliphatic carbocycles. The minimum Gasteiger partial charge on any atom is -0.508 e. The number of nitrogens with zero attached hydrogens (tertiary/aromatic N) is 4. The van der Waals surface area contributed by atoms with Gasteiger partial charge in [-0.2, -0.15) is 9.98 Å². The zero-order valence-corrected chi connectivity index (χ0v) is 17.1. The zero-order chi connectivity index (χ0) is 21.7. The number of amides is 1. The summed E-state index contributed by atoms with van der Waals surface area (Å²) in [5.74, 6) is 0.0919. The van der Waals surface area contributed by atoms with Crippen molar-refractivity contribution < 1.29 is 23.6 Å². The lowest BCUT2D eigenvalue weighted by atomic mass is 10.1. The Bertz CT molecular complexity index is 1130. The minimum atomic E-state index is -0.851. The number of halogens is 1. The number of rotatable bonds is 4. The third-order valence-corrected chi connectivity index (χ3v) is 4.53. The number of carbonyl (C=O) groups excluding carboxylic acids is 1. The molecule has 0 bridgehead atoms. The standard InChI is InChI=1S/C20H17FN4O4S/c1-11-22-18(25-29-11)12-4-6-13(7-5-12)23-17(19(30-3)24-20(27)28-2)15-10-14(26)8-9-16(15)21/h4-10,26H,1-3H3/b23-17-,24-19-. The van der Waals surface area contributed by atoms with Crippen LogP contribution in [0.5, 0.6) is 5.75 Å². The minimum absolute atomic E-state index is 0.00938. The van der Waals surface area contributed by atoms with Gasteiger partial charge >= 0.3 is 6.09 Å². The smallest absolute Gasteiger partial charge is 0.434 e. The fourth-order valence-corrected chi connectivity index (χ4v) is 2.99. The molecule has 0 radical (unpaired) electrons. The molecule has 0 saturated heterocycles. The molecule has 3 rings (SSSR count). The molecule has 1 heterocycles. The normalized spacial score (nSPS) is 12.1. The summed E-state index contributed by atoms with van der Waals surface area (Å²) in [7, 11) is 1.19. The van der Waals surface area contributed by atoms with Crippen molar-refractivity contribution in [3.8, 4) is 17.1 Å². The Morgan fingerprint density at radius 1 is 1.23 bits per heavy atom. The number of ether oxygens (including phenoxy) is 1. The van der Waals surface area contributed by atoms with E-state index in [1.54, 1.807) is 37.4 Å². The maximum atomic E-state index is 14.5. The number of thioether (sulfide) groups is 1. The summed E-state index contributed by atoms with van der Waals surface area (Å²) in [5.41, 5.74) is 1.24. The molecule has 0 aliphatic heterocycles. The largest absolute Gasteiger partial charge is 0.508 e. The Morgan fingerprint density at radius 2 is 1.97 bits per heavy atom. The van der Waals surface area contributed by atoms with Crippen LogP contribution >= 0.6 is 11.8 Å². The first kappa shape index (κ1) is 21.2. The molecule has 0 spiro atoms. The lowest BCUT2D eigenvalue weighted by molar-refractivity contribution is 0.183. The Balaban J connectivity index is 2.09. The number of carbonyl (C=O) groups is 1. The van der Waals surface area contributed by atoms with Crippen LogP contribution in [-0.2, 0) is 4.74 Å². The van der Waals surface area contributed by atoms with Crippen molar-refractivity contribution >= 4 is 34.3 Å². The van der Waals surface area contributed by atoms with E-state index in [0.717, 1.165) is 17.8 Å². The highest BCUT2D eigenvalue weighted by Gasteiger charge is 2.18. The number of aryl methyl sites for hydroxylation is 1. The molecular weight excluding hydrogens is 411 g/mol. The maximum Gasteiger partial charge on any atom is 0.434 e. The van der Waals surface area contributed by atoms with E-state index in [9.17, 15) is 14.3 Å². The molecule has 1 N–H and O–H groups in total. The summed E-state index contributed by atoms with van der Waals surface area (Å²) in [6, 6.07) is 10.4. The van der Waals surface area contributed by atoms with Crippen LogP contribution in [0.3, 0.4) is 0 Å². The summed E-state index contributed by atoms with van der Waals surface area (Å²) in [6.45, 7) is 1.69. The van der Waals surface area contributed by atoms with Crippen LogP contribution in [0.15, 0.2) is 57.0 Å². The second-order valence-electron chi connectivity index (χ2n) is 5.90. The van der Waals surface area contributed by atoms with E-state index in [4.69, 9.17) is 4.52 Å². The second-order valence-corrected chi connectivity index (χ2v) is 6.69. The molecule has 154 valence electrons. The first-order chi connectivity index (χ1) is 14.4. The van der Waals surface area contributed by atoms with Gasteiger partial charge in [0.1, 0.15) is 22.3 Å². The number of aliphatic imine (C=N–C) groups is 2. The number of hydrogen-bond acceptors (Lipinski definition) is 8. The van der Waals surface area contributed by atoms with E-state index in [2.05, 4.69) is 24.9 Å². The highest BCUT2D eigenvalue weighted by atomic mass is 32.2. The Kier molecular flexibility index (Phi) is 6.58. The maximum absolute atomic E-state index is 14.5. The number of methoxy groups -OCH3 is 1. The van der Waals surface area contributed by atoms with E-state index in [1.165, 1.54) is 19.2 Å². The molecule has 10 heteroatoms. The summed E-state index contributed by atoms with van der Waals surface area (Å²) >= 11 is 1.09. The second kappa shape index (κ2) is 9.31. The van der Waals surface area contributed by atoms with E-state index in [1.807, 2.05) is 0 Å². The molecule has 2 aromatic carbocycles. The van der Waals surface area contributed by atoms with E-state index in [0.29, 0.717) is 23.0 Å². The van der Waals surface area contributed by atoms with Gasteiger partial charge in [-0.05, 0) is 48.7 Å². The number of hydrogen-bond donors (Lipinski definition) is 1. The van der Waals surface area contributed by atoms with Crippen LogP contribution in [0.1, 0.15) is 11.5 Å². The van der Waals surface area contributed by atoms with E-state index < -0.39 is 11.9 Å². The van der Waals surface area contributed by atoms with Gasteiger partial charge in [0.15, 0.2) is 0 Å². The molecule has 30 heavy (non-hydrogen) atoms. The highest BCUT2D eigenvalue weighted by Crippen LogP contribution is 2.25. The number of benzene rings is 2. The highest BCUT2D eigenvalue weighted by molar-refractivity contribution is 8.15. The van der Waals surface area contributed by atoms with Gasteiger partial charge in [0.25, 0.3) is 0 Å². The number of phenolic OH excluding ortho intramolecular Hbond substituents is 1. The van der Waals surface area contributed by atoms with Crippen molar-refractivity contribution in [3.63, 3.8) is 0 Å². The predicted octanol–water partition coefficient (Wildman–Crippen LogP) is 4.54. The molecule has 1 aromatic heterocycles. The molecule has 0 saturated carbocycles. The summed E-state index contributed by atoms with van der Waals surface area (Å²) < 4.78 is 24.1. The molecular formula is C20H17FN4O4S. The van der Waals surface area contributed by atoms with Crippen LogP contribution < -0.4 is 0 Å². The van der Waals surface area contributed by atoms with Crippen molar-refractivity contribution in [3.05, 3.63) is 59.7 Å². The lowest BCUT2D eigenvalue weighted by Crippen LogP contribution is -2.16. The van der Waals surface area contributed by atoms with Crippen molar-refractivity contribution in [2.75, 3.05) is 13.4 Å². The molecule has 0 unspecified atom stereocenters. The number of aromatic nitrogens is 2. The monoisotopic (exact) mass is 428 g/mol. The zero-order valence-electron chi connectivity index (χ0n) is 16.3. The molecule has 1 amide bonds. The van der Waals surface area contributed by atoms with Gasteiger partial charge < -0.3 is 14.4 Å². The predicted molar refractivity (Wildman–Crippen MR) is 112 cm³/mol. The average molecular weight is 428 g/mol. The van der Waals surface area contributed by atoms with Crippen LogP contribution in [0, 0.1) is 12.7 Å². The van der Waals surface area contributed by atoms with Gasteiger partial charge in [-0.1, -0.05) is 5.16 Å².